The minimum absolute atomic E-state index is 0.0106. The van der Waals surface area contributed by atoms with E-state index in [1.54, 1.807) is 12.1 Å². The van der Waals surface area contributed by atoms with Gasteiger partial charge in [-0.1, -0.05) is 49.1 Å². The summed E-state index contributed by atoms with van der Waals surface area (Å²) >= 11 is 0. The van der Waals surface area contributed by atoms with E-state index in [4.69, 9.17) is 10.00 Å². The molecule has 30 heavy (non-hydrogen) atoms. The second-order valence-electron chi connectivity index (χ2n) is 8.27. The Labute approximate surface area is 181 Å². The molecule has 2 aromatic carbocycles. The fraction of sp³-hybridized carbons (Fsp3) is 0.321. The van der Waals surface area contributed by atoms with Gasteiger partial charge in [0.15, 0.2) is 0 Å². The molecule has 2 heteroatoms. The molecule has 0 heterocycles. The molecule has 1 atom stereocenters. The van der Waals surface area contributed by atoms with Gasteiger partial charge in [-0.2, -0.15) is 5.26 Å². The Morgan fingerprint density at radius 3 is 2.20 bits per heavy atom. The van der Waals surface area contributed by atoms with Crippen molar-refractivity contribution in [1.29, 1.82) is 5.26 Å². The van der Waals surface area contributed by atoms with Crippen molar-refractivity contribution in [2.24, 2.45) is 5.41 Å². The van der Waals surface area contributed by atoms with Crippen LogP contribution in [-0.4, -0.2) is 6.10 Å². The molecule has 1 fully saturated rings. The van der Waals surface area contributed by atoms with Gasteiger partial charge in [0.1, 0.15) is 11.9 Å². The lowest BCUT2D eigenvalue weighted by Gasteiger charge is -2.44. The van der Waals surface area contributed by atoms with Crippen molar-refractivity contribution in [2.45, 2.75) is 50.5 Å². The summed E-state index contributed by atoms with van der Waals surface area (Å²) in [5.41, 5.74) is 3.39. The first-order valence-electron chi connectivity index (χ1n) is 10.7. The molecule has 0 spiro atoms. The molecule has 0 radical (unpaired) electrons. The average Bonchev–Trinajstić information content (AvgIpc) is 2.79. The Morgan fingerprint density at radius 2 is 1.67 bits per heavy atom. The van der Waals surface area contributed by atoms with Crippen LogP contribution in [0, 0.1) is 16.7 Å². The SMILES string of the molecule is C=CCc1ccc(C2CCC(CC=C)(C(C=C)Oc3ccc(C#N)cc3)CC2)cc1. The highest BCUT2D eigenvalue weighted by Crippen LogP contribution is 2.48. The predicted molar refractivity (Wildman–Crippen MR) is 125 cm³/mol. The van der Waals surface area contributed by atoms with Gasteiger partial charge in [0, 0.05) is 5.41 Å². The minimum Gasteiger partial charge on any atom is -0.486 e. The Balaban J connectivity index is 1.72. The molecule has 0 N–H and O–H groups in total. The van der Waals surface area contributed by atoms with Crippen LogP contribution in [0.3, 0.4) is 0 Å². The summed E-state index contributed by atoms with van der Waals surface area (Å²) < 4.78 is 6.36. The molecule has 154 valence electrons. The van der Waals surface area contributed by atoms with E-state index in [2.05, 4.69) is 50.1 Å². The second kappa shape index (κ2) is 10.1. The van der Waals surface area contributed by atoms with Crippen LogP contribution in [0.25, 0.3) is 0 Å². The maximum absolute atomic E-state index is 9.01. The number of hydrogen-bond acceptors (Lipinski definition) is 2. The molecular formula is C28H31NO. The van der Waals surface area contributed by atoms with E-state index in [-0.39, 0.29) is 11.5 Å². The van der Waals surface area contributed by atoms with Gasteiger partial charge in [-0.05, 0) is 79.8 Å². The molecule has 0 bridgehead atoms. The molecule has 2 aromatic rings. The van der Waals surface area contributed by atoms with E-state index in [0.717, 1.165) is 44.3 Å². The molecule has 1 saturated carbocycles. The van der Waals surface area contributed by atoms with Crippen LogP contribution in [-0.2, 0) is 6.42 Å². The van der Waals surface area contributed by atoms with Crippen molar-refractivity contribution in [3.8, 4) is 11.8 Å². The number of rotatable bonds is 9. The molecule has 0 amide bonds. The molecule has 0 aromatic heterocycles. The van der Waals surface area contributed by atoms with Gasteiger partial charge in [0.2, 0.25) is 0 Å². The zero-order chi connectivity index (χ0) is 21.4. The van der Waals surface area contributed by atoms with Crippen molar-refractivity contribution >= 4 is 0 Å². The number of allylic oxidation sites excluding steroid dienone is 2. The lowest BCUT2D eigenvalue weighted by atomic mass is 9.64. The van der Waals surface area contributed by atoms with Crippen molar-refractivity contribution < 1.29 is 4.74 Å². The largest absolute Gasteiger partial charge is 0.486 e. The molecule has 3 rings (SSSR count). The highest BCUT2D eigenvalue weighted by atomic mass is 16.5. The van der Waals surface area contributed by atoms with E-state index < -0.39 is 0 Å². The molecule has 1 aliphatic carbocycles. The lowest BCUT2D eigenvalue weighted by Crippen LogP contribution is -2.40. The van der Waals surface area contributed by atoms with E-state index in [9.17, 15) is 0 Å². The zero-order valence-electron chi connectivity index (χ0n) is 17.7. The van der Waals surface area contributed by atoms with Crippen LogP contribution in [0.5, 0.6) is 5.75 Å². The van der Waals surface area contributed by atoms with Crippen molar-refractivity contribution in [2.75, 3.05) is 0 Å². The third kappa shape index (κ3) is 4.92. The van der Waals surface area contributed by atoms with E-state index >= 15 is 0 Å². The Kier molecular flexibility index (Phi) is 7.31. The van der Waals surface area contributed by atoms with Crippen molar-refractivity contribution in [1.82, 2.24) is 0 Å². The Bertz CT molecular complexity index is 893. The van der Waals surface area contributed by atoms with E-state index in [1.165, 1.54) is 11.1 Å². The topological polar surface area (TPSA) is 33.0 Å². The molecular weight excluding hydrogens is 366 g/mol. The predicted octanol–water partition coefficient (Wildman–Crippen LogP) is 7.14. The summed E-state index contributed by atoms with van der Waals surface area (Å²) in [6.07, 6.45) is 12.1. The maximum Gasteiger partial charge on any atom is 0.122 e. The number of nitrogens with zero attached hydrogens (tertiary/aromatic N) is 1. The van der Waals surface area contributed by atoms with Crippen LogP contribution in [0.4, 0.5) is 0 Å². The fourth-order valence-corrected chi connectivity index (χ4v) is 4.69. The summed E-state index contributed by atoms with van der Waals surface area (Å²) in [6.45, 7) is 11.9. The first-order chi connectivity index (χ1) is 14.6. The molecule has 1 aliphatic rings. The first-order valence-corrected chi connectivity index (χ1v) is 10.7. The maximum atomic E-state index is 9.01. The number of ether oxygens (including phenoxy) is 1. The average molecular weight is 398 g/mol. The fourth-order valence-electron chi connectivity index (χ4n) is 4.69. The van der Waals surface area contributed by atoms with Crippen LogP contribution >= 0.6 is 0 Å². The Hall–Kier alpha value is -3.05. The van der Waals surface area contributed by atoms with Crippen LogP contribution < -0.4 is 4.74 Å². The monoisotopic (exact) mass is 397 g/mol. The van der Waals surface area contributed by atoms with Crippen LogP contribution in [0.2, 0.25) is 0 Å². The zero-order valence-corrected chi connectivity index (χ0v) is 17.7. The normalized spacial score (nSPS) is 21.8. The van der Waals surface area contributed by atoms with Gasteiger partial charge in [0.25, 0.3) is 0 Å². The quantitative estimate of drug-likeness (QED) is 0.421. The number of hydrogen-bond donors (Lipinski definition) is 0. The molecule has 0 aliphatic heterocycles. The van der Waals surface area contributed by atoms with E-state index in [1.807, 2.05) is 30.4 Å². The summed E-state index contributed by atoms with van der Waals surface area (Å²) in [4.78, 5) is 0. The second-order valence-corrected chi connectivity index (χ2v) is 8.27. The summed E-state index contributed by atoms with van der Waals surface area (Å²) in [6, 6.07) is 18.5. The van der Waals surface area contributed by atoms with E-state index in [0.29, 0.717) is 11.5 Å². The molecule has 2 nitrogen and oxygen atoms in total. The third-order valence-electron chi connectivity index (χ3n) is 6.43. The van der Waals surface area contributed by atoms with Crippen LogP contribution in [0.1, 0.15) is 54.7 Å². The van der Waals surface area contributed by atoms with Gasteiger partial charge < -0.3 is 4.74 Å². The van der Waals surface area contributed by atoms with Gasteiger partial charge in [-0.25, -0.2) is 0 Å². The van der Waals surface area contributed by atoms with Gasteiger partial charge >= 0.3 is 0 Å². The number of nitriles is 1. The van der Waals surface area contributed by atoms with Gasteiger partial charge in [-0.3, -0.25) is 0 Å². The van der Waals surface area contributed by atoms with Gasteiger partial charge in [0.05, 0.1) is 11.6 Å². The highest BCUT2D eigenvalue weighted by Gasteiger charge is 2.41. The minimum atomic E-state index is -0.0839. The molecule has 1 unspecified atom stereocenters. The van der Waals surface area contributed by atoms with Gasteiger partial charge in [-0.15, -0.1) is 13.2 Å². The third-order valence-corrected chi connectivity index (χ3v) is 6.43. The summed E-state index contributed by atoms with van der Waals surface area (Å²) in [7, 11) is 0. The van der Waals surface area contributed by atoms with Crippen molar-refractivity contribution in [3.05, 3.63) is 103 Å². The summed E-state index contributed by atoms with van der Waals surface area (Å²) in [5.74, 6) is 1.36. The number of benzene rings is 2. The summed E-state index contributed by atoms with van der Waals surface area (Å²) in [5, 5.41) is 9.01. The van der Waals surface area contributed by atoms with Crippen molar-refractivity contribution in [3.63, 3.8) is 0 Å². The first kappa shape index (κ1) is 21.7. The lowest BCUT2D eigenvalue weighted by molar-refractivity contribution is 0.0426. The highest BCUT2D eigenvalue weighted by molar-refractivity contribution is 5.35. The smallest absolute Gasteiger partial charge is 0.122 e. The Morgan fingerprint density at radius 1 is 1.00 bits per heavy atom. The standard InChI is InChI=1S/C28H31NO/c1-4-7-22-8-12-24(13-9-22)25-16-19-28(18-5-2,20-17-25)27(6-3)30-26-14-10-23(21-29)11-15-26/h4-6,8-15,25,27H,1-3,7,16-20H2. The van der Waals surface area contributed by atoms with Crippen LogP contribution in [0.15, 0.2) is 86.5 Å². The molecule has 0 saturated heterocycles.